The van der Waals surface area contributed by atoms with Gasteiger partial charge in [-0.2, -0.15) is 0 Å². The van der Waals surface area contributed by atoms with Crippen LogP contribution in [0.25, 0.3) is 11.3 Å². The second-order valence-corrected chi connectivity index (χ2v) is 7.69. The van der Waals surface area contributed by atoms with E-state index in [1.54, 1.807) is 41.8 Å². The van der Waals surface area contributed by atoms with Crippen LogP contribution in [0.4, 0.5) is 10.8 Å². The number of benzene rings is 2. The van der Waals surface area contributed by atoms with Gasteiger partial charge in [-0.05, 0) is 38.1 Å². The van der Waals surface area contributed by atoms with Crippen LogP contribution in [0, 0.1) is 10.1 Å². The summed E-state index contributed by atoms with van der Waals surface area (Å²) in [5, 5.41) is 15.4. The van der Waals surface area contributed by atoms with Gasteiger partial charge >= 0.3 is 5.97 Å². The van der Waals surface area contributed by atoms with Crippen LogP contribution in [0.5, 0.6) is 5.75 Å². The fraction of sp³-hybridized carbons (Fsp3) is 0.182. The first-order valence-corrected chi connectivity index (χ1v) is 10.6. The lowest BCUT2D eigenvalue weighted by Gasteiger charge is -2.13. The highest BCUT2D eigenvalue weighted by atomic mass is 32.1. The smallest absolute Gasteiger partial charge is 0.344 e. The van der Waals surface area contributed by atoms with Crippen LogP contribution in [-0.2, 0) is 14.3 Å². The zero-order chi connectivity index (χ0) is 24.0. The number of hydrogen-bond acceptors (Lipinski definition) is 9. The first kappa shape index (κ1) is 23.5. The molecule has 11 heteroatoms. The third-order valence-corrected chi connectivity index (χ3v) is 5.14. The second-order valence-electron chi connectivity index (χ2n) is 6.84. The molecule has 0 radical (unpaired) electrons. The molecular formula is C22H19N3O7S. The molecule has 3 aromatic rings. The van der Waals surface area contributed by atoms with Gasteiger partial charge in [0.15, 0.2) is 23.6 Å². The number of nitrogens with one attached hydrogen (secondary N) is 1. The quantitative estimate of drug-likeness (QED) is 0.216. The van der Waals surface area contributed by atoms with Gasteiger partial charge in [-0.3, -0.25) is 25.0 Å². The lowest BCUT2D eigenvalue weighted by Crippen LogP contribution is -2.31. The van der Waals surface area contributed by atoms with Gasteiger partial charge in [-0.1, -0.05) is 12.1 Å². The van der Waals surface area contributed by atoms with E-state index >= 15 is 0 Å². The van der Waals surface area contributed by atoms with Gasteiger partial charge < -0.3 is 9.47 Å². The van der Waals surface area contributed by atoms with Crippen molar-refractivity contribution >= 4 is 39.8 Å². The number of anilines is 1. The number of thiazole rings is 1. The first-order chi connectivity index (χ1) is 15.7. The summed E-state index contributed by atoms with van der Waals surface area (Å²) in [5.41, 5.74) is 1.46. The molecule has 1 heterocycles. The standard InChI is InChI=1S/C22H19N3O7S/c1-13(26)15-6-8-18(9-7-15)31-11-20(27)32-14(2)21(28)24-22-23-19(12-33-22)16-4-3-5-17(10-16)25(29)30/h3-10,12,14H,11H2,1-2H3,(H,23,24,28). The van der Waals surface area contributed by atoms with E-state index in [4.69, 9.17) is 9.47 Å². The molecule has 0 saturated heterocycles. The molecule has 1 N–H and O–H groups in total. The maximum Gasteiger partial charge on any atom is 0.344 e. The van der Waals surface area contributed by atoms with Crippen molar-refractivity contribution in [3.63, 3.8) is 0 Å². The molecule has 2 aromatic carbocycles. The molecule has 3 rings (SSSR count). The number of Topliss-reactive ketones (excluding diaryl/α,β-unsaturated/α-hetero) is 1. The van der Waals surface area contributed by atoms with Crippen molar-refractivity contribution in [2.75, 3.05) is 11.9 Å². The number of aromatic nitrogens is 1. The summed E-state index contributed by atoms with van der Waals surface area (Å²) < 4.78 is 10.4. The van der Waals surface area contributed by atoms with Crippen molar-refractivity contribution in [2.45, 2.75) is 20.0 Å². The maximum absolute atomic E-state index is 12.3. The van der Waals surface area contributed by atoms with E-state index in [0.717, 1.165) is 11.3 Å². The van der Waals surface area contributed by atoms with Gasteiger partial charge in [0, 0.05) is 28.6 Å². The number of amides is 1. The van der Waals surface area contributed by atoms with E-state index in [9.17, 15) is 24.5 Å². The Morgan fingerprint density at radius 1 is 1.18 bits per heavy atom. The van der Waals surface area contributed by atoms with Gasteiger partial charge in [-0.15, -0.1) is 11.3 Å². The minimum Gasteiger partial charge on any atom is -0.482 e. The average Bonchev–Trinajstić information content (AvgIpc) is 3.26. The van der Waals surface area contributed by atoms with Crippen molar-refractivity contribution in [2.24, 2.45) is 0 Å². The Balaban J connectivity index is 1.51. The molecule has 1 unspecified atom stereocenters. The van der Waals surface area contributed by atoms with Gasteiger partial charge in [0.25, 0.3) is 11.6 Å². The van der Waals surface area contributed by atoms with Crippen LogP contribution in [-0.4, -0.2) is 40.3 Å². The Hall–Kier alpha value is -4.12. The van der Waals surface area contributed by atoms with Crippen molar-refractivity contribution in [3.8, 4) is 17.0 Å². The summed E-state index contributed by atoms with van der Waals surface area (Å²) in [5.74, 6) is -1.04. The summed E-state index contributed by atoms with van der Waals surface area (Å²) in [7, 11) is 0. The van der Waals surface area contributed by atoms with Gasteiger partial charge in [0.05, 0.1) is 10.6 Å². The number of non-ortho nitro benzene ring substituents is 1. The van der Waals surface area contributed by atoms with E-state index in [-0.39, 0.29) is 16.6 Å². The maximum atomic E-state index is 12.3. The van der Waals surface area contributed by atoms with Gasteiger partial charge in [0.1, 0.15) is 5.75 Å². The monoisotopic (exact) mass is 469 g/mol. The predicted molar refractivity (Wildman–Crippen MR) is 120 cm³/mol. The Morgan fingerprint density at radius 2 is 1.91 bits per heavy atom. The van der Waals surface area contributed by atoms with Gasteiger partial charge in [0.2, 0.25) is 0 Å². The number of nitro benzene ring substituents is 1. The minimum absolute atomic E-state index is 0.0661. The third kappa shape index (κ3) is 6.43. The molecule has 10 nitrogen and oxygen atoms in total. The number of nitro groups is 1. The number of ketones is 1. The van der Waals surface area contributed by atoms with Crippen LogP contribution in [0.15, 0.2) is 53.9 Å². The predicted octanol–water partition coefficient (Wildman–Crippen LogP) is 3.87. The molecule has 0 aliphatic carbocycles. The third-order valence-electron chi connectivity index (χ3n) is 4.38. The van der Waals surface area contributed by atoms with Gasteiger partial charge in [-0.25, -0.2) is 9.78 Å². The largest absolute Gasteiger partial charge is 0.482 e. The minimum atomic E-state index is -1.11. The number of hydrogen-bond donors (Lipinski definition) is 1. The molecule has 0 saturated carbocycles. The summed E-state index contributed by atoms with van der Waals surface area (Å²) in [6, 6.07) is 12.3. The summed E-state index contributed by atoms with van der Waals surface area (Å²) in [6.45, 7) is 2.44. The molecule has 33 heavy (non-hydrogen) atoms. The van der Waals surface area contributed by atoms with Crippen LogP contribution in [0.1, 0.15) is 24.2 Å². The SMILES string of the molecule is CC(=O)c1ccc(OCC(=O)OC(C)C(=O)Nc2nc(-c3cccc([N+](=O)[O-])c3)cs2)cc1. The number of rotatable bonds is 9. The lowest BCUT2D eigenvalue weighted by atomic mass is 10.1. The van der Waals surface area contributed by atoms with Crippen LogP contribution < -0.4 is 10.1 Å². The summed E-state index contributed by atoms with van der Waals surface area (Å²) in [4.78, 5) is 50.3. The van der Waals surface area contributed by atoms with E-state index in [1.165, 1.54) is 26.0 Å². The zero-order valence-electron chi connectivity index (χ0n) is 17.6. The highest BCUT2D eigenvalue weighted by Crippen LogP contribution is 2.27. The molecule has 0 fully saturated rings. The van der Waals surface area contributed by atoms with E-state index in [2.05, 4.69) is 10.3 Å². The van der Waals surface area contributed by atoms with E-state index in [0.29, 0.717) is 22.6 Å². The first-order valence-electron chi connectivity index (χ1n) is 9.67. The average molecular weight is 469 g/mol. The Labute approximate surface area is 192 Å². The molecule has 1 amide bonds. The topological polar surface area (TPSA) is 138 Å². The highest BCUT2D eigenvalue weighted by Gasteiger charge is 2.20. The molecule has 1 atom stereocenters. The Kier molecular flexibility index (Phi) is 7.46. The number of nitrogens with zero attached hydrogens (tertiary/aromatic N) is 2. The molecule has 0 bridgehead atoms. The van der Waals surface area contributed by atoms with Crippen molar-refractivity contribution in [1.82, 2.24) is 4.98 Å². The highest BCUT2D eigenvalue weighted by molar-refractivity contribution is 7.14. The van der Waals surface area contributed by atoms with Crippen molar-refractivity contribution < 1.29 is 28.8 Å². The zero-order valence-corrected chi connectivity index (χ0v) is 18.5. The van der Waals surface area contributed by atoms with Crippen LogP contribution in [0.2, 0.25) is 0 Å². The number of carbonyl (C=O) groups is 3. The second kappa shape index (κ2) is 10.5. The Morgan fingerprint density at radius 3 is 2.58 bits per heavy atom. The lowest BCUT2D eigenvalue weighted by molar-refractivity contribution is -0.384. The van der Waals surface area contributed by atoms with E-state index < -0.39 is 29.5 Å². The molecular weight excluding hydrogens is 450 g/mol. The molecule has 0 aliphatic rings. The normalized spacial score (nSPS) is 11.3. The van der Waals surface area contributed by atoms with Crippen molar-refractivity contribution in [1.29, 1.82) is 0 Å². The van der Waals surface area contributed by atoms with Crippen LogP contribution in [0.3, 0.4) is 0 Å². The van der Waals surface area contributed by atoms with Crippen molar-refractivity contribution in [3.05, 3.63) is 69.6 Å². The summed E-state index contributed by atoms with van der Waals surface area (Å²) >= 11 is 1.13. The fourth-order valence-electron chi connectivity index (χ4n) is 2.66. The number of esters is 1. The molecule has 0 aliphatic heterocycles. The number of carbonyl (C=O) groups excluding carboxylic acids is 3. The Bertz CT molecular complexity index is 1190. The van der Waals surface area contributed by atoms with Crippen LogP contribution >= 0.6 is 11.3 Å². The fourth-order valence-corrected chi connectivity index (χ4v) is 3.39. The molecule has 1 aromatic heterocycles. The number of ether oxygens (including phenoxy) is 2. The molecule has 170 valence electrons. The molecule has 0 spiro atoms. The summed E-state index contributed by atoms with van der Waals surface area (Å²) in [6.07, 6.45) is -1.11. The van der Waals surface area contributed by atoms with E-state index in [1.807, 2.05) is 0 Å².